The highest BCUT2D eigenvalue weighted by Gasteiger charge is 2.36. The molecular formula is C26H20N2O6. The third kappa shape index (κ3) is 4.86. The molecule has 0 atom stereocenters. The Kier molecular flexibility index (Phi) is 6.22. The van der Waals surface area contributed by atoms with Crippen LogP contribution in [0.5, 0.6) is 5.75 Å². The van der Waals surface area contributed by atoms with Gasteiger partial charge >= 0.3 is 12.0 Å². The van der Waals surface area contributed by atoms with E-state index >= 15 is 0 Å². The van der Waals surface area contributed by atoms with E-state index < -0.39 is 23.8 Å². The summed E-state index contributed by atoms with van der Waals surface area (Å²) in [5, 5.41) is 11.3. The fourth-order valence-electron chi connectivity index (χ4n) is 3.45. The second-order valence-corrected chi connectivity index (χ2v) is 7.66. The van der Waals surface area contributed by atoms with Gasteiger partial charge in [0.15, 0.2) is 0 Å². The number of carboxylic acids is 1. The number of hydrogen-bond donors (Lipinski definition) is 2. The number of barbiturate groups is 1. The Labute approximate surface area is 195 Å². The van der Waals surface area contributed by atoms with Gasteiger partial charge in [0, 0.05) is 0 Å². The minimum absolute atomic E-state index is 0.166. The first-order valence-electron chi connectivity index (χ1n) is 10.3. The van der Waals surface area contributed by atoms with Crippen molar-refractivity contribution in [3.63, 3.8) is 0 Å². The van der Waals surface area contributed by atoms with Crippen molar-refractivity contribution in [1.82, 2.24) is 5.32 Å². The molecular weight excluding hydrogens is 436 g/mol. The summed E-state index contributed by atoms with van der Waals surface area (Å²) in [7, 11) is 0. The van der Waals surface area contributed by atoms with Crippen molar-refractivity contribution in [2.75, 3.05) is 4.90 Å². The van der Waals surface area contributed by atoms with Crippen LogP contribution >= 0.6 is 0 Å². The predicted molar refractivity (Wildman–Crippen MR) is 124 cm³/mol. The fourth-order valence-corrected chi connectivity index (χ4v) is 3.45. The van der Waals surface area contributed by atoms with Crippen molar-refractivity contribution in [2.45, 2.75) is 13.5 Å². The molecule has 1 saturated heterocycles. The summed E-state index contributed by atoms with van der Waals surface area (Å²) in [4.78, 5) is 49.7. The molecule has 1 heterocycles. The van der Waals surface area contributed by atoms with Gasteiger partial charge in [0.1, 0.15) is 17.9 Å². The lowest BCUT2D eigenvalue weighted by molar-refractivity contribution is -0.122. The summed E-state index contributed by atoms with van der Waals surface area (Å²) in [6, 6.07) is 19.2. The van der Waals surface area contributed by atoms with Crippen LogP contribution in [-0.4, -0.2) is 28.9 Å². The molecule has 0 spiro atoms. The number of carboxylic acid groups (broad SMARTS) is 1. The molecule has 0 aromatic heterocycles. The zero-order valence-corrected chi connectivity index (χ0v) is 18.1. The van der Waals surface area contributed by atoms with Crippen LogP contribution in [0.1, 0.15) is 27.0 Å². The summed E-state index contributed by atoms with van der Waals surface area (Å²) < 4.78 is 5.70. The standard InChI is InChI=1S/C26H20N2O6/c1-16-4-2-7-20(12-16)28-24(30)22(23(29)27-26(28)33)14-17-8-10-21(11-9-17)34-15-18-5-3-6-19(13-18)25(31)32/h2-14H,15H2,1H3,(H,31,32)(H,27,29,33). The second kappa shape index (κ2) is 9.41. The second-order valence-electron chi connectivity index (χ2n) is 7.66. The lowest BCUT2D eigenvalue weighted by Gasteiger charge is -2.26. The molecule has 170 valence electrons. The summed E-state index contributed by atoms with van der Waals surface area (Å²) >= 11 is 0. The van der Waals surface area contributed by atoms with E-state index in [0.29, 0.717) is 22.6 Å². The Morgan fingerprint density at radius 1 is 1.00 bits per heavy atom. The van der Waals surface area contributed by atoms with Crippen molar-refractivity contribution in [1.29, 1.82) is 0 Å². The number of ether oxygens (including phenoxy) is 1. The number of carbonyl (C=O) groups excluding carboxylic acids is 3. The normalized spacial score (nSPS) is 14.8. The Morgan fingerprint density at radius 3 is 2.44 bits per heavy atom. The molecule has 34 heavy (non-hydrogen) atoms. The van der Waals surface area contributed by atoms with Crippen molar-refractivity contribution < 1.29 is 29.0 Å². The number of aryl methyl sites for hydroxylation is 1. The van der Waals surface area contributed by atoms with E-state index in [1.807, 2.05) is 13.0 Å². The SMILES string of the molecule is Cc1cccc(N2C(=O)NC(=O)C(=Cc3ccc(OCc4cccc(C(=O)O)c4)cc3)C2=O)c1. The molecule has 0 saturated carbocycles. The summed E-state index contributed by atoms with van der Waals surface area (Å²) in [6.07, 6.45) is 1.41. The average Bonchev–Trinajstić information content (AvgIpc) is 2.81. The van der Waals surface area contributed by atoms with Gasteiger partial charge in [-0.1, -0.05) is 36.4 Å². The zero-order valence-electron chi connectivity index (χ0n) is 18.1. The third-order valence-electron chi connectivity index (χ3n) is 5.13. The average molecular weight is 456 g/mol. The van der Waals surface area contributed by atoms with Crippen molar-refractivity contribution in [3.05, 3.63) is 101 Å². The van der Waals surface area contributed by atoms with Gasteiger partial charge in [0.05, 0.1) is 11.3 Å². The highest BCUT2D eigenvalue weighted by Crippen LogP contribution is 2.23. The molecule has 4 rings (SSSR count). The van der Waals surface area contributed by atoms with Gasteiger partial charge in [0.2, 0.25) is 0 Å². The molecule has 3 aromatic carbocycles. The van der Waals surface area contributed by atoms with Crippen LogP contribution in [-0.2, 0) is 16.2 Å². The quantitative estimate of drug-likeness (QED) is 0.429. The molecule has 1 aliphatic rings. The molecule has 1 fully saturated rings. The number of aromatic carboxylic acids is 1. The number of carbonyl (C=O) groups is 4. The molecule has 4 amide bonds. The number of imide groups is 2. The zero-order chi connectivity index (χ0) is 24.2. The van der Waals surface area contributed by atoms with E-state index in [-0.39, 0.29) is 17.7 Å². The monoisotopic (exact) mass is 456 g/mol. The van der Waals surface area contributed by atoms with E-state index in [4.69, 9.17) is 9.84 Å². The van der Waals surface area contributed by atoms with Crippen molar-refractivity contribution in [2.24, 2.45) is 0 Å². The van der Waals surface area contributed by atoms with Gasteiger partial charge in [-0.25, -0.2) is 14.5 Å². The maximum absolute atomic E-state index is 13.0. The number of nitrogens with zero attached hydrogens (tertiary/aromatic N) is 1. The summed E-state index contributed by atoms with van der Waals surface area (Å²) in [5.74, 6) is -1.96. The van der Waals surface area contributed by atoms with Gasteiger partial charge in [-0.15, -0.1) is 0 Å². The van der Waals surface area contributed by atoms with Crippen LogP contribution in [0.25, 0.3) is 6.08 Å². The first kappa shape index (κ1) is 22.5. The smallest absolute Gasteiger partial charge is 0.335 e. The number of nitrogens with one attached hydrogen (secondary N) is 1. The molecule has 0 bridgehead atoms. The molecule has 0 unspecified atom stereocenters. The largest absolute Gasteiger partial charge is 0.489 e. The van der Waals surface area contributed by atoms with Crippen LogP contribution in [0, 0.1) is 6.92 Å². The van der Waals surface area contributed by atoms with Crippen molar-refractivity contribution >= 4 is 35.6 Å². The number of hydrogen-bond acceptors (Lipinski definition) is 5. The Morgan fingerprint density at radius 2 is 1.74 bits per heavy atom. The lowest BCUT2D eigenvalue weighted by atomic mass is 10.1. The number of rotatable bonds is 6. The van der Waals surface area contributed by atoms with Gasteiger partial charge in [-0.05, 0) is 66.1 Å². The van der Waals surface area contributed by atoms with Crippen LogP contribution in [0.2, 0.25) is 0 Å². The Balaban J connectivity index is 1.50. The number of benzene rings is 3. The molecule has 1 aliphatic heterocycles. The molecule has 2 N–H and O–H groups in total. The van der Waals surface area contributed by atoms with E-state index in [9.17, 15) is 19.2 Å². The third-order valence-corrected chi connectivity index (χ3v) is 5.13. The van der Waals surface area contributed by atoms with Gasteiger partial charge < -0.3 is 9.84 Å². The van der Waals surface area contributed by atoms with Crippen LogP contribution in [0.4, 0.5) is 10.5 Å². The Bertz CT molecular complexity index is 1330. The highest BCUT2D eigenvalue weighted by atomic mass is 16.5. The molecule has 0 radical (unpaired) electrons. The number of anilines is 1. The summed E-state index contributed by atoms with van der Waals surface area (Å²) in [6.45, 7) is 2.01. The van der Waals surface area contributed by atoms with Crippen LogP contribution in [0.15, 0.2) is 78.4 Å². The fraction of sp³-hybridized carbons (Fsp3) is 0.0769. The molecule has 8 nitrogen and oxygen atoms in total. The van der Waals surface area contributed by atoms with E-state index in [0.717, 1.165) is 10.5 Å². The minimum Gasteiger partial charge on any atom is -0.489 e. The number of amides is 4. The highest BCUT2D eigenvalue weighted by molar-refractivity contribution is 6.39. The van der Waals surface area contributed by atoms with Gasteiger partial charge in [-0.3, -0.25) is 14.9 Å². The number of urea groups is 1. The molecule has 0 aliphatic carbocycles. The van der Waals surface area contributed by atoms with E-state index in [1.54, 1.807) is 54.6 Å². The van der Waals surface area contributed by atoms with Crippen LogP contribution in [0.3, 0.4) is 0 Å². The van der Waals surface area contributed by atoms with Gasteiger partial charge in [-0.2, -0.15) is 0 Å². The van der Waals surface area contributed by atoms with Crippen LogP contribution < -0.4 is 15.0 Å². The van der Waals surface area contributed by atoms with Crippen molar-refractivity contribution in [3.8, 4) is 5.75 Å². The van der Waals surface area contributed by atoms with Gasteiger partial charge in [0.25, 0.3) is 11.8 Å². The minimum atomic E-state index is -1.01. The maximum Gasteiger partial charge on any atom is 0.335 e. The first-order chi connectivity index (χ1) is 16.3. The van der Waals surface area contributed by atoms with E-state index in [1.165, 1.54) is 18.2 Å². The molecule has 3 aromatic rings. The lowest BCUT2D eigenvalue weighted by Crippen LogP contribution is -2.54. The molecule has 8 heteroatoms. The summed E-state index contributed by atoms with van der Waals surface area (Å²) in [5.41, 5.74) is 2.52. The topological polar surface area (TPSA) is 113 Å². The Hall–Kier alpha value is -4.72. The van der Waals surface area contributed by atoms with E-state index in [2.05, 4.69) is 5.32 Å². The predicted octanol–water partition coefficient (Wildman–Crippen LogP) is 3.94. The first-order valence-corrected chi connectivity index (χ1v) is 10.3. The maximum atomic E-state index is 13.0.